The first kappa shape index (κ1) is 21.8. The van der Waals surface area contributed by atoms with Crippen LogP contribution in [0.4, 0.5) is 22.0 Å². The van der Waals surface area contributed by atoms with E-state index in [-0.39, 0.29) is 11.4 Å². The number of hydrogen-bond donors (Lipinski definition) is 1. The Bertz CT molecular complexity index is 982. The molecule has 0 radical (unpaired) electrons. The number of hydrogen-bond acceptors (Lipinski definition) is 4. The van der Waals surface area contributed by atoms with Gasteiger partial charge in [0.2, 0.25) is 5.91 Å². The highest BCUT2D eigenvalue weighted by Crippen LogP contribution is 2.40. The summed E-state index contributed by atoms with van der Waals surface area (Å²) in [6.45, 7) is 0. The Morgan fingerprint density at radius 1 is 1.17 bits per heavy atom. The van der Waals surface area contributed by atoms with Crippen molar-refractivity contribution in [1.82, 2.24) is 10.2 Å². The van der Waals surface area contributed by atoms with Crippen LogP contribution in [-0.2, 0) is 11.0 Å². The summed E-state index contributed by atoms with van der Waals surface area (Å²) in [5.41, 5.74) is 4.45. The number of hydrazine groups is 1. The van der Waals surface area contributed by atoms with Gasteiger partial charge in [0.25, 0.3) is 6.43 Å². The summed E-state index contributed by atoms with van der Waals surface area (Å²) in [5.74, 6) is -1.39. The number of nitrogens with zero attached hydrogens (tertiary/aromatic N) is 2. The van der Waals surface area contributed by atoms with Crippen LogP contribution in [0, 0.1) is 0 Å². The van der Waals surface area contributed by atoms with Gasteiger partial charge in [-0.05, 0) is 28.9 Å². The quantitative estimate of drug-likeness (QED) is 0.693. The van der Waals surface area contributed by atoms with E-state index in [1.54, 1.807) is 30.3 Å². The number of hydroxylamine groups is 1. The lowest BCUT2D eigenvalue weighted by molar-refractivity contribution is -0.212. The average Bonchev–Trinajstić information content (AvgIpc) is 2.96. The van der Waals surface area contributed by atoms with Gasteiger partial charge >= 0.3 is 6.18 Å². The maximum atomic E-state index is 13.9. The molecule has 0 aromatic heterocycles. The van der Waals surface area contributed by atoms with Crippen molar-refractivity contribution in [3.05, 3.63) is 70.3 Å². The van der Waals surface area contributed by atoms with Gasteiger partial charge in [-0.2, -0.15) is 13.2 Å². The van der Waals surface area contributed by atoms with Crippen LogP contribution in [0.3, 0.4) is 0 Å². The summed E-state index contributed by atoms with van der Waals surface area (Å²) < 4.78 is 66.3. The number of carbonyl (C=O) groups is 1. The highest BCUT2D eigenvalue weighted by molar-refractivity contribution is 6.32. The van der Waals surface area contributed by atoms with E-state index in [2.05, 4.69) is 0 Å². The minimum Gasteiger partial charge on any atom is -0.384 e. The second-order valence-corrected chi connectivity index (χ2v) is 6.74. The first-order valence-corrected chi connectivity index (χ1v) is 8.85. The fourth-order valence-corrected chi connectivity index (χ4v) is 3.32. The zero-order valence-corrected chi connectivity index (χ0v) is 16.1. The third kappa shape index (κ3) is 4.05. The molecule has 11 heteroatoms. The van der Waals surface area contributed by atoms with E-state index in [9.17, 15) is 26.7 Å². The van der Waals surface area contributed by atoms with Crippen LogP contribution in [0.2, 0.25) is 5.02 Å². The molecule has 1 aliphatic heterocycles. The van der Waals surface area contributed by atoms with Crippen molar-refractivity contribution >= 4 is 23.2 Å². The molecule has 2 aromatic carbocycles. The number of amides is 1. The van der Waals surface area contributed by atoms with Crippen molar-refractivity contribution in [3.8, 4) is 5.75 Å². The molecule has 0 fully saturated rings. The third-order valence-corrected chi connectivity index (χ3v) is 4.71. The summed E-state index contributed by atoms with van der Waals surface area (Å²) in [4.78, 5) is 17.5. The normalized spacial score (nSPS) is 17.7. The molecule has 0 saturated heterocycles. The Hall–Kier alpha value is -2.85. The standard InChI is InChI=1S/C19H15ClF5N3O2/c1-27-15(10-5-3-2-4-6-10)14(18(26)29)16(17(21)22)28(27)30-13-8-7-11(9-12(13)20)19(23,24)25/h2-9,16-17H,1H3,(H2,26,29). The van der Waals surface area contributed by atoms with Crippen molar-refractivity contribution in [2.75, 3.05) is 7.05 Å². The molecular formula is C19H15ClF5N3O2. The average molecular weight is 448 g/mol. The van der Waals surface area contributed by atoms with Gasteiger partial charge in [0.05, 0.1) is 21.9 Å². The first-order chi connectivity index (χ1) is 14.0. The molecule has 2 aromatic rings. The van der Waals surface area contributed by atoms with Crippen molar-refractivity contribution in [3.63, 3.8) is 0 Å². The fraction of sp³-hybridized carbons (Fsp3) is 0.211. The van der Waals surface area contributed by atoms with Crippen molar-refractivity contribution < 1.29 is 31.6 Å². The molecule has 30 heavy (non-hydrogen) atoms. The second-order valence-electron chi connectivity index (χ2n) is 6.33. The van der Waals surface area contributed by atoms with E-state index in [0.717, 1.165) is 11.1 Å². The van der Waals surface area contributed by atoms with Gasteiger partial charge in [-0.1, -0.05) is 41.9 Å². The Kier molecular flexibility index (Phi) is 5.91. The molecule has 1 unspecified atom stereocenters. The summed E-state index contributed by atoms with van der Waals surface area (Å²) in [6.07, 6.45) is -7.75. The first-order valence-electron chi connectivity index (χ1n) is 8.47. The molecule has 0 bridgehead atoms. The molecule has 1 amide bonds. The minimum atomic E-state index is -4.64. The fourth-order valence-electron chi connectivity index (χ4n) is 3.10. The topological polar surface area (TPSA) is 58.8 Å². The SMILES string of the molecule is CN1C(c2ccccc2)=C(C(N)=O)C(C(F)F)N1Oc1ccc(C(F)(F)F)cc1Cl. The summed E-state index contributed by atoms with van der Waals surface area (Å²) >= 11 is 5.88. The van der Waals surface area contributed by atoms with E-state index in [4.69, 9.17) is 22.2 Å². The molecular weight excluding hydrogens is 433 g/mol. The number of rotatable bonds is 5. The van der Waals surface area contributed by atoms with Crippen LogP contribution in [0.15, 0.2) is 54.1 Å². The van der Waals surface area contributed by atoms with Crippen LogP contribution >= 0.6 is 11.6 Å². The van der Waals surface area contributed by atoms with Gasteiger partial charge in [0, 0.05) is 7.05 Å². The van der Waals surface area contributed by atoms with Gasteiger partial charge < -0.3 is 10.6 Å². The highest BCUT2D eigenvalue weighted by atomic mass is 35.5. The predicted octanol–water partition coefficient (Wildman–Crippen LogP) is 4.35. The largest absolute Gasteiger partial charge is 0.416 e. The molecule has 1 atom stereocenters. The predicted molar refractivity (Wildman–Crippen MR) is 99.0 cm³/mol. The number of carbonyl (C=O) groups excluding carboxylic acids is 1. The van der Waals surface area contributed by atoms with Crippen molar-refractivity contribution in [2.45, 2.75) is 18.6 Å². The van der Waals surface area contributed by atoms with Crippen LogP contribution in [0.1, 0.15) is 11.1 Å². The van der Waals surface area contributed by atoms with E-state index in [1.807, 2.05) is 0 Å². The Labute approximate surface area is 173 Å². The van der Waals surface area contributed by atoms with Crippen LogP contribution < -0.4 is 10.6 Å². The summed E-state index contributed by atoms with van der Waals surface area (Å²) in [5, 5.41) is 1.36. The molecule has 2 N–H and O–H groups in total. The molecule has 0 aliphatic carbocycles. The van der Waals surface area contributed by atoms with E-state index < -0.39 is 40.7 Å². The molecule has 5 nitrogen and oxygen atoms in total. The van der Waals surface area contributed by atoms with Crippen LogP contribution in [-0.4, -0.2) is 35.6 Å². The molecule has 3 rings (SSSR count). The maximum absolute atomic E-state index is 13.9. The smallest absolute Gasteiger partial charge is 0.384 e. The number of halogens is 6. The number of primary amides is 1. The minimum absolute atomic E-state index is 0.0800. The van der Waals surface area contributed by atoms with E-state index >= 15 is 0 Å². The van der Waals surface area contributed by atoms with Gasteiger partial charge in [-0.15, -0.1) is 0 Å². The van der Waals surface area contributed by atoms with E-state index in [0.29, 0.717) is 22.9 Å². The zero-order valence-electron chi connectivity index (χ0n) is 15.3. The van der Waals surface area contributed by atoms with E-state index in [1.165, 1.54) is 7.05 Å². The summed E-state index contributed by atoms with van der Waals surface area (Å²) in [6, 6.07) is 8.49. The van der Waals surface area contributed by atoms with Crippen LogP contribution in [0.25, 0.3) is 5.70 Å². The third-order valence-electron chi connectivity index (χ3n) is 4.41. The lowest BCUT2D eigenvalue weighted by Gasteiger charge is -2.31. The Morgan fingerprint density at radius 2 is 1.80 bits per heavy atom. The number of nitrogens with two attached hydrogens (primary N) is 1. The molecule has 1 aliphatic rings. The Balaban J connectivity index is 2.03. The number of alkyl halides is 5. The number of benzene rings is 2. The van der Waals surface area contributed by atoms with Crippen molar-refractivity contribution in [1.29, 1.82) is 0 Å². The molecule has 0 spiro atoms. The van der Waals surface area contributed by atoms with Crippen molar-refractivity contribution in [2.24, 2.45) is 5.73 Å². The summed E-state index contributed by atoms with van der Waals surface area (Å²) in [7, 11) is 1.35. The monoisotopic (exact) mass is 447 g/mol. The molecule has 160 valence electrons. The van der Waals surface area contributed by atoms with Crippen LogP contribution in [0.5, 0.6) is 5.75 Å². The highest BCUT2D eigenvalue weighted by Gasteiger charge is 2.47. The van der Waals surface area contributed by atoms with Gasteiger partial charge in [-0.25, -0.2) is 8.78 Å². The molecule has 0 saturated carbocycles. The van der Waals surface area contributed by atoms with Gasteiger partial charge in [0.1, 0.15) is 0 Å². The lowest BCUT2D eigenvalue weighted by Crippen LogP contribution is -2.47. The van der Waals surface area contributed by atoms with Gasteiger partial charge in [0.15, 0.2) is 11.8 Å². The molecule has 1 heterocycles. The Morgan fingerprint density at radius 3 is 2.30 bits per heavy atom. The maximum Gasteiger partial charge on any atom is 0.416 e. The second kappa shape index (κ2) is 8.11. The van der Waals surface area contributed by atoms with Gasteiger partial charge in [-0.3, -0.25) is 9.80 Å². The zero-order chi connectivity index (χ0) is 22.2. The lowest BCUT2D eigenvalue weighted by atomic mass is 10.0.